The van der Waals surface area contributed by atoms with E-state index < -0.39 is 0 Å². The number of benzene rings is 1. The minimum atomic E-state index is 0. The van der Waals surface area contributed by atoms with Crippen LogP contribution in [-0.2, 0) is 6.54 Å². The number of hydrogen-bond acceptors (Lipinski definition) is 1. The van der Waals surface area contributed by atoms with Crippen LogP contribution in [0.1, 0.15) is 13.3 Å². The minimum Gasteiger partial charge on any atom is -1.00 e. The summed E-state index contributed by atoms with van der Waals surface area (Å²) >= 11 is 0. The Labute approximate surface area is 129 Å². The van der Waals surface area contributed by atoms with Gasteiger partial charge in [-0.25, -0.2) is 9.55 Å². The largest absolute Gasteiger partial charge is 1.00 e. The average molecular weight is 365 g/mol. The van der Waals surface area contributed by atoms with Gasteiger partial charge in [0.25, 0.3) is 6.33 Å². The third kappa shape index (κ3) is 2.63. The van der Waals surface area contributed by atoms with Gasteiger partial charge in [-0.05, 0) is 24.6 Å². The Balaban J connectivity index is 0.00000133. The molecule has 3 rings (SSSR count). The summed E-state index contributed by atoms with van der Waals surface area (Å²) in [5.74, 6) is 0.962. The number of rotatable bonds is 3. The van der Waals surface area contributed by atoms with Gasteiger partial charge in [-0.1, -0.05) is 25.1 Å². The van der Waals surface area contributed by atoms with Crippen LogP contribution in [0.4, 0.5) is 0 Å². The Hall–Kier alpha value is -1.43. The molecule has 0 amide bonds. The fraction of sp³-hybridized carbons (Fsp3) is 0.200. The van der Waals surface area contributed by atoms with Crippen molar-refractivity contribution >= 4 is 11.0 Å². The molecule has 0 aliphatic carbocycles. The van der Waals surface area contributed by atoms with Crippen LogP contribution >= 0.6 is 0 Å². The van der Waals surface area contributed by atoms with E-state index in [1.165, 1.54) is 11.0 Å². The first-order valence-corrected chi connectivity index (χ1v) is 6.31. The molecule has 4 heteroatoms. The lowest BCUT2D eigenvalue weighted by Crippen LogP contribution is -3.00. The number of hydrogen-bond donors (Lipinski definition) is 0. The molecule has 0 spiro atoms. The minimum absolute atomic E-state index is 0. The van der Waals surface area contributed by atoms with Crippen molar-refractivity contribution in [2.45, 2.75) is 19.9 Å². The summed E-state index contributed by atoms with van der Waals surface area (Å²) in [6, 6.07) is 14.4. The Morgan fingerprint density at radius 2 is 1.89 bits per heavy atom. The molecule has 2 aromatic heterocycles. The molecule has 0 fully saturated rings. The molecule has 3 nitrogen and oxygen atoms in total. The zero-order chi connectivity index (χ0) is 12.4. The molecular formula is C15H16IN3. The second kappa shape index (κ2) is 6.14. The number of imidazole rings is 1. The van der Waals surface area contributed by atoms with E-state index in [0.29, 0.717) is 0 Å². The van der Waals surface area contributed by atoms with E-state index in [1.54, 1.807) is 0 Å². The molecule has 2 heterocycles. The second-order valence-corrected chi connectivity index (χ2v) is 4.36. The van der Waals surface area contributed by atoms with Gasteiger partial charge in [0.05, 0.1) is 6.54 Å². The van der Waals surface area contributed by atoms with Crippen LogP contribution in [0.3, 0.4) is 0 Å². The summed E-state index contributed by atoms with van der Waals surface area (Å²) in [7, 11) is 0. The Bertz CT molecular complexity index is 661. The molecule has 0 saturated heterocycles. The molecule has 3 aromatic rings. The monoisotopic (exact) mass is 365 g/mol. The third-order valence-corrected chi connectivity index (χ3v) is 3.07. The van der Waals surface area contributed by atoms with Gasteiger partial charge < -0.3 is 24.0 Å². The van der Waals surface area contributed by atoms with Crippen LogP contribution in [0.15, 0.2) is 55.0 Å². The molecule has 0 saturated carbocycles. The predicted octanol–water partition coefficient (Wildman–Crippen LogP) is -0.273. The summed E-state index contributed by atoms with van der Waals surface area (Å²) in [5.41, 5.74) is 2.45. The molecule has 0 radical (unpaired) electrons. The van der Waals surface area contributed by atoms with Crippen molar-refractivity contribution < 1.29 is 28.5 Å². The van der Waals surface area contributed by atoms with Crippen molar-refractivity contribution in [2.75, 3.05) is 0 Å². The van der Waals surface area contributed by atoms with Crippen molar-refractivity contribution in [2.24, 2.45) is 0 Å². The molecule has 19 heavy (non-hydrogen) atoms. The number of aromatic nitrogens is 3. The number of pyridine rings is 1. The van der Waals surface area contributed by atoms with Crippen LogP contribution in [0.25, 0.3) is 16.9 Å². The van der Waals surface area contributed by atoms with Crippen molar-refractivity contribution in [3.05, 3.63) is 55.0 Å². The summed E-state index contributed by atoms with van der Waals surface area (Å²) in [6.45, 7) is 3.22. The van der Waals surface area contributed by atoms with E-state index in [9.17, 15) is 0 Å². The maximum absolute atomic E-state index is 4.42. The van der Waals surface area contributed by atoms with E-state index in [4.69, 9.17) is 0 Å². The average Bonchev–Trinajstić information content (AvgIpc) is 2.80. The standard InChI is InChI=1S/C15H16N3.HI/c1-2-11-17-12-18(15-9-5-6-10-16-15)14-8-4-3-7-13(14)17;/h3-10,12H,2,11H2,1H3;1H/q+1;/p-1. The predicted molar refractivity (Wildman–Crippen MR) is 71.6 cm³/mol. The molecule has 0 N–H and O–H groups in total. The fourth-order valence-corrected chi connectivity index (χ4v) is 2.27. The number of para-hydroxylation sites is 2. The van der Waals surface area contributed by atoms with Crippen LogP contribution in [0.2, 0.25) is 0 Å². The highest BCUT2D eigenvalue weighted by Crippen LogP contribution is 2.14. The molecular weight excluding hydrogens is 349 g/mol. The number of nitrogens with zero attached hydrogens (tertiary/aromatic N) is 3. The fourth-order valence-electron chi connectivity index (χ4n) is 2.27. The first kappa shape index (κ1) is 14.0. The smallest absolute Gasteiger partial charge is 0.251 e. The highest BCUT2D eigenvalue weighted by Gasteiger charge is 2.16. The molecule has 0 bridgehead atoms. The number of halogens is 1. The van der Waals surface area contributed by atoms with E-state index in [1.807, 2.05) is 24.4 Å². The first-order valence-electron chi connectivity index (χ1n) is 6.31. The van der Waals surface area contributed by atoms with Crippen molar-refractivity contribution in [3.63, 3.8) is 0 Å². The molecule has 1 aromatic carbocycles. The molecule has 0 aliphatic rings. The van der Waals surface area contributed by atoms with Gasteiger partial charge in [0.15, 0.2) is 11.0 Å². The van der Waals surface area contributed by atoms with Crippen LogP contribution in [-0.4, -0.2) is 9.55 Å². The maximum atomic E-state index is 4.42. The molecule has 0 unspecified atom stereocenters. The number of aryl methyl sites for hydroxylation is 1. The third-order valence-electron chi connectivity index (χ3n) is 3.07. The molecule has 0 aliphatic heterocycles. The van der Waals surface area contributed by atoms with Gasteiger partial charge in [0.2, 0.25) is 5.82 Å². The van der Waals surface area contributed by atoms with Crippen LogP contribution < -0.4 is 28.5 Å². The normalized spacial score (nSPS) is 10.4. The highest BCUT2D eigenvalue weighted by molar-refractivity contribution is 5.73. The van der Waals surface area contributed by atoms with Crippen LogP contribution in [0, 0.1) is 0 Å². The summed E-state index contributed by atoms with van der Waals surface area (Å²) in [6.07, 6.45) is 5.09. The van der Waals surface area contributed by atoms with E-state index in [2.05, 4.69) is 51.6 Å². The molecule has 0 atom stereocenters. The van der Waals surface area contributed by atoms with Gasteiger partial charge in [-0.15, -0.1) is 0 Å². The van der Waals surface area contributed by atoms with Crippen molar-refractivity contribution in [1.29, 1.82) is 0 Å². The van der Waals surface area contributed by atoms with Gasteiger partial charge in [0, 0.05) is 12.3 Å². The van der Waals surface area contributed by atoms with Gasteiger partial charge in [-0.2, -0.15) is 4.57 Å². The van der Waals surface area contributed by atoms with E-state index >= 15 is 0 Å². The van der Waals surface area contributed by atoms with Crippen molar-refractivity contribution in [3.8, 4) is 5.82 Å². The summed E-state index contributed by atoms with van der Waals surface area (Å²) < 4.78 is 4.43. The summed E-state index contributed by atoms with van der Waals surface area (Å²) in [5, 5.41) is 0. The van der Waals surface area contributed by atoms with E-state index in [0.717, 1.165) is 18.8 Å². The topological polar surface area (TPSA) is 21.7 Å². The summed E-state index contributed by atoms with van der Waals surface area (Å²) in [4.78, 5) is 4.42. The number of fused-ring (bicyclic) bond motifs is 1. The van der Waals surface area contributed by atoms with Crippen LogP contribution in [0.5, 0.6) is 0 Å². The lowest BCUT2D eigenvalue weighted by molar-refractivity contribution is -0.671. The first-order chi connectivity index (χ1) is 8.90. The highest BCUT2D eigenvalue weighted by atomic mass is 127. The lowest BCUT2D eigenvalue weighted by Gasteiger charge is -1.93. The van der Waals surface area contributed by atoms with E-state index in [-0.39, 0.29) is 24.0 Å². The SMILES string of the molecule is CCC[n+]1cn(-c2ccccn2)c2ccccc21.[I-]. The molecule has 98 valence electrons. The van der Waals surface area contributed by atoms with Gasteiger partial charge >= 0.3 is 0 Å². The Morgan fingerprint density at radius 1 is 1.11 bits per heavy atom. The zero-order valence-electron chi connectivity index (χ0n) is 10.8. The second-order valence-electron chi connectivity index (χ2n) is 4.36. The van der Waals surface area contributed by atoms with Gasteiger partial charge in [-0.3, -0.25) is 0 Å². The van der Waals surface area contributed by atoms with Crippen molar-refractivity contribution in [1.82, 2.24) is 9.55 Å². The Kier molecular flexibility index (Phi) is 4.52. The zero-order valence-corrected chi connectivity index (χ0v) is 13.0. The quantitative estimate of drug-likeness (QED) is 0.463. The maximum Gasteiger partial charge on any atom is 0.251 e. The lowest BCUT2D eigenvalue weighted by atomic mass is 10.3. The Morgan fingerprint density at radius 3 is 2.63 bits per heavy atom. The van der Waals surface area contributed by atoms with Gasteiger partial charge in [0.1, 0.15) is 0 Å².